The molecule has 1 amide bonds. The van der Waals surface area contributed by atoms with E-state index in [-0.39, 0.29) is 23.6 Å². The highest BCUT2D eigenvalue weighted by molar-refractivity contribution is 5.96. The molecule has 20 heavy (non-hydrogen) atoms. The number of nitrogens with two attached hydrogens (primary N) is 1. The molecule has 0 saturated carbocycles. The Balaban J connectivity index is 2.35. The molecule has 0 heterocycles. The molecule has 5 nitrogen and oxygen atoms in total. The van der Waals surface area contributed by atoms with Crippen molar-refractivity contribution in [2.75, 3.05) is 0 Å². The lowest BCUT2D eigenvalue weighted by atomic mass is 10.1. The minimum absolute atomic E-state index is 0.0689. The van der Waals surface area contributed by atoms with Crippen LogP contribution in [0.4, 0.5) is 4.39 Å². The number of primary amides is 1. The first-order valence-corrected chi connectivity index (χ1v) is 5.75. The molecule has 0 unspecified atom stereocenters. The van der Waals surface area contributed by atoms with Crippen molar-refractivity contribution in [2.45, 2.75) is 6.54 Å². The molecule has 2 aromatic carbocycles. The van der Waals surface area contributed by atoms with Crippen LogP contribution in [0.3, 0.4) is 0 Å². The average Bonchev–Trinajstić information content (AvgIpc) is 2.40. The van der Waals surface area contributed by atoms with E-state index in [1.165, 1.54) is 30.3 Å². The monoisotopic (exact) mass is 274 g/mol. The smallest absolute Gasteiger partial charge is 0.252 e. The molecule has 0 atom stereocenters. The van der Waals surface area contributed by atoms with Crippen LogP contribution in [0.25, 0.3) is 0 Å². The number of halogens is 1. The third-order valence-corrected chi connectivity index (χ3v) is 2.58. The molecule has 0 aromatic heterocycles. The average molecular weight is 274 g/mol. The molecule has 2 aromatic rings. The summed E-state index contributed by atoms with van der Waals surface area (Å²) >= 11 is 0. The molecular weight excluding hydrogens is 263 g/mol. The zero-order valence-corrected chi connectivity index (χ0v) is 10.4. The normalized spacial score (nSPS) is 10.1. The summed E-state index contributed by atoms with van der Waals surface area (Å²) in [6.07, 6.45) is 0. The largest absolute Gasteiger partial charge is 0.456 e. The summed E-state index contributed by atoms with van der Waals surface area (Å²) in [7, 11) is 0. The first-order chi connectivity index (χ1) is 9.60. The van der Waals surface area contributed by atoms with E-state index in [0.717, 1.165) is 0 Å². The van der Waals surface area contributed by atoms with Crippen LogP contribution in [0.5, 0.6) is 11.5 Å². The second kappa shape index (κ2) is 5.92. The number of carbonyl (C=O) groups is 1. The summed E-state index contributed by atoms with van der Waals surface area (Å²) in [4.78, 5) is 21.6. The Morgan fingerprint density at radius 1 is 1.25 bits per heavy atom. The number of benzene rings is 2. The van der Waals surface area contributed by atoms with Gasteiger partial charge in [-0.05, 0) is 29.8 Å². The van der Waals surface area contributed by atoms with Gasteiger partial charge in [0.05, 0.1) is 5.56 Å². The zero-order valence-electron chi connectivity index (χ0n) is 10.4. The molecule has 0 aliphatic carbocycles. The maximum atomic E-state index is 13.1. The highest BCUT2D eigenvalue weighted by atomic mass is 19.1. The number of nitroso groups, excluding NO2 is 1. The van der Waals surface area contributed by atoms with E-state index in [2.05, 4.69) is 5.18 Å². The predicted octanol–water partition coefficient (Wildman–Crippen LogP) is 2.98. The molecule has 0 saturated heterocycles. The van der Waals surface area contributed by atoms with Gasteiger partial charge in [0.2, 0.25) is 0 Å². The second-order valence-electron chi connectivity index (χ2n) is 4.04. The SMILES string of the molecule is NC(=O)c1cc(CN=O)ccc1Oc1cccc(F)c1. The van der Waals surface area contributed by atoms with Crippen molar-refractivity contribution in [3.8, 4) is 11.5 Å². The Kier molecular flexibility index (Phi) is 4.05. The Morgan fingerprint density at radius 3 is 2.70 bits per heavy atom. The van der Waals surface area contributed by atoms with Crippen LogP contribution in [0.2, 0.25) is 0 Å². The van der Waals surface area contributed by atoms with Gasteiger partial charge in [-0.1, -0.05) is 17.3 Å². The van der Waals surface area contributed by atoms with Crippen LogP contribution < -0.4 is 10.5 Å². The third kappa shape index (κ3) is 3.17. The molecule has 6 heteroatoms. The molecule has 0 aliphatic heterocycles. The third-order valence-electron chi connectivity index (χ3n) is 2.58. The Hall–Kier alpha value is -2.76. The van der Waals surface area contributed by atoms with Gasteiger partial charge < -0.3 is 10.5 Å². The topological polar surface area (TPSA) is 81.8 Å². The van der Waals surface area contributed by atoms with Crippen molar-refractivity contribution in [1.82, 2.24) is 0 Å². The number of hydrogen-bond donors (Lipinski definition) is 1. The van der Waals surface area contributed by atoms with E-state index in [4.69, 9.17) is 10.5 Å². The fraction of sp³-hybridized carbons (Fsp3) is 0.0714. The van der Waals surface area contributed by atoms with Crippen LogP contribution >= 0.6 is 0 Å². The second-order valence-corrected chi connectivity index (χ2v) is 4.04. The number of rotatable bonds is 5. The van der Waals surface area contributed by atoms with Gasteiger partial charge >= 0.3 is 0 Å². The standard InChI is InChI=1S/C14H11FN2O3/c15-10-2-1-3-11(7-10)20-13-5-4-9(8-17-19)6-12(13)14(16)18/h1-7H,8H2,(H2,16,18). The number of carbonyl (C=O) groups excluding carboxylic acids is 1. The summed E-state index contributed by atoms with van der Waals surface area (Å²) in [6, 6.07) is 10.0. The lowest BCUT2D eigenvalue weighted by Crippen LogP contribution is -2.12. The van der Waals surface area contributed by atoms with Gasteiger partial charge in [0.25, 0.3) is 5.91 Å². The summed E-state index contributed by atoms with van der Waals surface area (Å²) in [5.41, 5.74) is 5.91. The van der Waals surface area contributed by atoms with Gasteiger partial charge in [-0.3, -0.25) is 4.79 Å². The van der Waals surface area contributed by atoms with E-state index in [9.17, 15) is 14.1 Å². The molecule has 0 bridgehead atoms. The van der Waals surface area contributed by atoms with Gasteiger partial charge in [0, 0.05) is 6.07 Å². The molecule has 102 valence electrons. The maximum absolute atomic E-state index is 13.1. The van der Waals surface area contributed by atoms with Gasteiger partial charge in [-0.25, -0.2) is 4.39 Å². The summed E-state index contributed by atoms with van der Waals surface area (Å²) in [5, 5.41) is 2.74. The van der Waals surface area contributed by atoms with Crippen LogP contribution in [-0.2, 0) is 6.54 Å². The van der Waals surface area contributed by atoms with Crippen LogP contribution in [0.1, 0.15) is 15.9 Å². The van der Waals surface area contributed by atoms with Gasteiger partial charge in [0.1, 0.15) is 23.9 Å². The molecular formula is C14H11FN2O3. The fourth-order valence-electron chi connectivity index (χ4n) is 1.69. The molecule has 0 aliphatic rings. The number of amides is 1. The van der Waals surface area contributed by atoms with Crippen LogP contribution in [0.15, 0.2) is 47.6 Å². The van der Waals surface area contributed by atoms with Crippen molar-refractivity contribution < 1.29 is 13.9 Å². The Labute approximate surface area is 114 Å². The molecule has 0 spiro atoms. The summed E-state index contributed by atoms with van der Waals surface area (Å²) < 4.78 is 18.5. The van der Waals surface area contributed by atoms with E-state index in [1.807, 2.05) is 0 Å². The van der Waals surface area contributed by atoms with Crippen molar-refractivity contribution in [3.05, 3.63) is 64.3 Å². The number of nitrogens with zero attached hydrogens (tertiary/aromatic N) is 1. The van der Waals surface area contributed by atoms with E-state index >= 15 is 0 Å². The quantitative estimate of drug-likeness (QED) is 0.851. The number of hydrogen-bond acceptors (Lipinski definition) is 4. The van der Waals surface area contributed by atoms with E-state index < -0.39 is 11.7 Å². The molecule has 0 fully saturated rings. The first kappa shape index (κ1) is 13.7. The molecule has 2 N–H and O–H groups in total. The first-order valence-electron chi connectivity index (χ1n) is 5.75. The number of ether oxygens (including phenoxy) is 1. The van der Waals surface area contributed by atoms with Crippen molar-refractivity contribution in [2.24, 2.45) is 10.9 Å². The summed E-state index contributed by atoms with van der Waals surface area (Å²) in [5.74, 6) is -0.722. The van der Waals surface area contributed by atoms with Gasteiger partial charge in [-0.15, -0.1) is 0 Å². The Bertz CT molecular complexity index is 659. The Morgan fingerprint density at radius 2 is 2.05 bits per heavy atom. The lowest BCUT2D eigenvalue weighted by Gasteiger charge is -2.10. The minimum atomic E-state index is -0.704. The van der Waals surface area contributed by atoms with E-state index in [1.54, 1.807) is 12.1 Å². The lowest BCUT2D eigenvalue weighted by molar-refractivity contribution is 0.0998. The van der Waals surface area contributed by atoms with Crippen LogP contribution in [0, 0.1) is 10.7 Å². The van der Waals surface area contributed by atoms with Crippen molar-refractivity contribution >= 4 is 5.91 Å². The van der Waals surface area contributed by atoms with Gasteiger partial charge in [0.15, 0.2) is 0 Å². The highest BCUT2D eigenvalue weighted by Crippen LogP contribution is 2.26. The van der Waals surface area contributed by atoms with E-state index in [0.29, 0.717) is 5.56 Å². The zero-order chi connectivity index (χ0) is 14.5. The van der Waals surface area contributed by atoms with Crippen LogP contribution in [-0.4, -0.2) is 5.91 Å². The van der Waals surface area contributed by atoms with Crippen molar-refractivity contribution in [1.29, 1.82) is 0 Å². The van der Waals surface area contributed by atoms with Crippen molar-refractivity contribution in [3.63, 3.8) is 0 Å². The highest BCUT2D eigenvalue weighted by Gasteiger charge is 2.12. The minimum Gasteiger partial charge on any atom is -0.456 e. The predicted molar refractivity (Wildman–Crippen MR) is 70.9 cm³/mol. The molecule has 0 radical (unpaired) electrons. The van der Waals surface area contributed by atoms with Gasteiger partial charge in [-0.2, -0.15) is 4.91 Å². The maximum Gasteiger partial charge on any atom is 0.252 e. The fourth-order valence-corrected chi connectivity index (χ4v) is 1.69. The summed E-state index contributed by atoms with van der Waals surface area (Å²) in [6.45, 7) is -0.0689. The molecule has 2 rings (SSSR count).